The van der Waals surface area contributed by atoms with Crippen molar-refractivity contribution in [2.75, 3.05) is 13.2 Å². The van der Waals surface area contributed by atoms with Gasteiger partial charge < -0.3 is 24.7 Å². The molecule has 108 valence electrons. The van der Waals surface area contributed by atoms with Gasteiger partial charge in [-0.25, -0.2) is 4.98 Å². The number of H-pyrrole nitrogens is 1. The minimum Gasteiger partial charge on any atom is -0.456 e. The maximum absolute atomic E-state index is 9.88. The molecule has 2 aromatic rings. The molecule has 3 heterocycles. The van der Waals surface area contributed by atoms with Crippen LogP contribution in [0.3, 0.4) is 0 Å². The molecular formula is C11H11ClIN3O4. The number of nitrogens with zero attached hydrogens (tertiary/aromatic N) is 2. The van der Waals surface area contributed by atoms with Crippen LogP contribution in [0.25, 0.3) is 11.2 Å². The summed E-state index contributed by atoms with van der Waals surface area (Å²) in [5.74, 6) is 0. The van der Waals surface area contributed by atoms with E-state index < -0.39 is 18.3 Å². The van der Waals surface area contributed by atoms with Crippen LogP contribution < -0.4 is 4.74 Å². The summed E-state index contributed by atoms with van der Waals surface area (Å²) in [4.78, 5) is 11.3. The van der Waals surface area contributed by atoms with Gasteiger partial charge in [-0.1, -0.05) is 11.6 Å². The van der Waals surface area contributed by atoms with Crippen molar-refractivity contribution in [3.05, 3.63) is 14.8 Å². The molecule has 20 heavy (non-hydrogen) atoms. The van der Waals surface area contributed by atoms with E-state index in [0.717, 1.165) is 0 Å². The van der Waals surface area contributed by atoms with E-state index in [0.29, 0.717) is 19.9 Å². The number of aromatic nitrogens is 3. The summed E-state index contributed by atoms with van der Waals surface area (Å²) in [6, 6.07) is 1.95. The molecule has 3 atom stereocenters. The first-order chi connectivity index (χ1) is 9.58. The summed E-state index contributed by atoms with van der Waals surface area (Å²) in [5, 5.41) is 19.4. The third kappa shape index (κ3) is 2.58. The van der Waals surface area contributed by atoms with Crippen molar-refractivity contribution in [3.8, 4) is 6.01 Å². The van der Waals surface area contributed by atoms with Crippen LogP contribution >= 0.6 is 34.2 Å². The molecule has 0 bridgehead atoms. The SMILES string of the molecule is OC[C@H]1OC[C@@H](Oc2nc3nc(I)c(Cl)cc3[nH]2)[C@@H]1O. The van der Waals surface area contributed by atoms with Crippen molar-refractivity contribution in [3.63, 3.8) is 0 Å². The second-order valence-corrected chi connectivity index (χ2v) is 5.80. The van der Waals surface area contributed by atoms with Gasteiger partial charge in [-0.05, 0) is 28.7 Å². The Morgan fingerprint density at radius 2 is 2.35 bits per heavy atom. The number of rotatable bonds is 3. The summed E-state index contributed by atoms with van der Waals surface area (Å²) in [7, 11) is 0. The molecule has 9 heteroatoms. The van der Waals surface area contributed by atoms with Gasteiger partial charge in [0, 0.05) is 0 Å². The first-order valence-electron chi connectivity index (χ1n) is 5.87. The second kappa shape index (κ2) is 5.60. The third-order valence-corrected chi connectivity index (χ3v) is 4.47. The molecule has 3 N–H and O–H groups in total. The number of ether oxygens (including phenoxy) is 2. The molecule has 7 nitrogen and oxygen atoms in total. The minimum atomic E-state index is -0.898. The van der Waals surface area contributed by atoms with E-state index in [2.05, 4.69) is 15.0 Å². The highest BCUT2D eigenvalue weighted by Crippen LogP contribution is 2.24. The molecule has 2 aromatic heterocycles. The third-order valence-electron chi connectivity index (χ3n) is 3.04. The highest BCUT2D eigenvalue weighted by atomic mass is 127. The number of aliphatic hydroxyl groups excluding tert-OH is 2. The summed E-state index contributed by atoms with van der Waals surface area (Å²) in [6.07, 6.45) is -2.11. The van der Waals surface area contributed by atoms with Crippen LogP contribution in [-0.4, -0.2) is 56.7 Å². The van der Waals surface area contributed by atoms with Crippen LogP contribution in [0.2, 0.25) is 5.02 Å². The fraction of sp³-hybridized carbons (Fsp3) is 0.455. The standard InChI is InChI=1S/C11H11ClIN3O4/c12-4-1-5-10(15-9(4)13)16-11(14-5)20-7-3-19-6(2-17)8(7)18/h1,6-8,17-18H,2-3H2,(H,14,15,16)/t6-,7-,8-/m1/s1. The fourth-order valence-electron chi connectivity index (χ4n) is 1.99. The van der Waals surface area contributed by atoms with Crippen molar-refractivity contribution in [2.24, 2.45) is 0 Å². The van der Waals surface area contributed by atoms with E-state index in [9.17, 15) is 5.11 Å². The van der Waals surface area contributed by atoms with Gasteiger partial charge in [0.05, 0.1) is 23.8 Å². The number of fused-ring (bicyclic) bond motifs is 1. The summed E-state index contributed by atoms with van der Waals surface area (Å²) in [5.41, 5.74) is 1.14. The Hall–Kier alpha value is -0.680. The number of pyridine rings is 1. The van der Waals surface area contributed by atoms with Gasteiger partial charge in [-0.15, -0.1) is 0 Å². The van der Waals surface area contributed by atoms with Crippen LogP contribution in [-0.2, 0) is 4.74 Å². The molecule has 0 radical (unpaired) electrons. The normalized spacial score (nSPS) is 26.3. The van der Waals surface area contributed by atoms with Crippen LogP contribution in [0.15, 0.2) is 6.07 Å². The lowest BCUT2D eigenvalue weighted by atomic mass is 10.1. The molecule has 1 saturated heterocycles. The predicted octanol–water partition coefficient (Wildman–Crippen LogP) is 0.715. The minimum absolute atomic E-state index is 0.190. The van der Waals surface area contributed by atoms with Crippen LogP contribution in [0.4, 0.5) is 0 Å². The van der Waals surface area contributed by atoms with Crippen LogP contribution in [0, 0.1) is 3.70 Å². The molecule has 0 spiro atoms. The number of nitrogens with one attached hydrogen (secondary N) is 1. The Bertz CT molecular complexity index is 598. The summed E-state index contributed by atoms with van der Waals surface area (Å²) < 4.78 is 11.4. The molecule has 0 aliphatic carbocycles. The second-order valence-electron chi connectivity index (χ2n) is 4.38. The molecule has 0 unspecified atom stereocenters. The van der Waals surface area contributed by atoms with Gasteiger partial charge in [0.25, 0.3) is 6.01 Å². The van der Waals surface area contributed by atoms with E-state index in [1.54, 1.807) is 6.07 Å². The van der Waals surface area contributed by atoms with Crippen molar-refractivity contribution < 1.29 is 19.7 Å². The Balaban J connectivity index is 1.81. The van der Waals surface area contributed by atoms with Gasteiger partial charge in [-0.2, -0.15) is 4.98 Å². The lowest BCUT2D eigenvalue weighted by Crippen LogP contribution is -2.36. The van der Waals surface area contributed by atoms with E-state index >= 15 is 0 Å². The van der Waals surface area contributed by atoms with Gasteiger partial charge in [0.15, 0.2) is 11.8 Å². The number of hydrogen-bond donors (Lipinski definition) is 3. The van der Waals surface area contributed by atoms with Crippen molar-refractivity contribution in [2.45, 2.75) is 18.3 Å². The zero-order valence-electron chi connectivity index (χ0n) is 10.1. The van der Waals surface area contributed by atoms with E-state index in [1.807, 2.05) is 22.6 Å². The van der Waals surface area contributed by atoms with Gasteiger partial charge in [-0.3, -0.25) is 0 Å². The zero-order valence-corrected chi connectivity index (χ0v) is 13.0. The lowest BCUT2D eigenvalue weighted by molar-refractivity contribution is -0.00390. The fourth-order valence-corrected chi connectivity index (χ4v) is 2.53. The Labute approximate surface area is 132 Å². The Kier molecular flexibility index (Phi) is 4.00. The highest BCUT2D eigenvalue weighted by Gasteiger charge is 2.37. The molecule has 1 aliphatic heterocycles. The predicted molar refractivity (Wildman–Crippen MR) is 78.9 cm³/mol. The number of hydrogen-bond acceptors (Lipinski definition) is 6. The summed E-state index contributed by atoms with van der Waals surface area (Å²) >= 11 is 8.00. The van der Waals surface area contributed by atoms with Gasteiger partial charge in [0.2, 0.25) is 0 Å². The molecular weight excluding hydrogens is 400 g/mol. The number of imidazole rings is 1. The topological polar surface area (TPSA) is 100 Å². The average Bonchev–Trinajstić information content (AvgIpc) is 2.95. The van der Waals surface area contributed by atoms with Crippen molar-refractivity contribution in [1.82, 2.24) is 15.0 Å². The van der Waals surface area contributed by atoms with E-state index in [4.69, 9.17) is 26.2 Å². The Morgan fingerprint density at radius 1 is 1.55 bits per heavy atom. The number of halogens is 2. The van der Waals surface area contributed by atoms with Gasteiger partial charge >= 0.3 is 0 Å². The zero-order chi connectivity index (χ0) is 14.3. The first kappa shape index (κ1) is 14.3. The van der Waals surface area contributed by atoms with Crippen LogP contribution in [0.1, 0.15) is 0 Å². The number of aliphatic hydroxyl groups is 2. The van der Waals surface area contributed by atoms with Crippen LogP contribution in [0.5, 0.6) is 6.01 Å². The number of aromatic amines is 1. The molecule has 0 saturated carbocycles. The molecule has 1 aliphatic rings. The molecule has 0 aromatic carbocycles. The monoisotopic (exact) mass is 411 g/mol. The van der Waals surface area contributed by atoms with Crippen molar-refractivity contribution >= 4 is 45.4 Å². The average molecular weight is 412 g/mol. The maximum Gasteiger partial charge on any atom is 0.296 e. The van der Waals surface area contributed by atoms with E-state index in [-0.39, 0.29) is 19.2 Å². The van der Waals surface area contributed by atoms with Gasteiger partial charge in [0.1, 0.15) is 15.9 Å². The largest absolute Gasteiger partial charge is 0.456 e. The van der Waals surface area contributed by atoms with E-state index in [1.165, 1.54) is 0 Å². The smallest absolute Gasteiger partial charge is 0.296 e. The summed E-state index contributed by atoms with van der Waals surface area (Å²) in [6.45, 7) is -0.0638. The molecule has 0 amide bonds. The first-order valence-corrected chi connectivity index (χ1v) is 7.33. The lowest BCUT2D eigenvalue weighted by Gasteiger charge is -2.15. The maximum atomic E-state index is 9.88. The highest BCUT2D eigenvalue weighted by molar-refractivity contribution is 14.1. The Morgan fingerprint density at radius 3 is 3.05 bits per heavy atom. The molecule has 1 fully saturated rings. The quantitative estimate of drug-likeness (QED) is 0.508. The van der Waals surface area contributed by atoms with Crippen molar-refractivity contribution in [1.29, 1.82) is 0 Å². The molecule has 3 rings (SSSR count).